The van der Waals surface area contributed by atoms with E-state index in [1.807, 2.05) is 5.38 Å². The van der Waals surface area contributed by atoms with E-state index < -0.39 is 0 Å². The van der Waals surface area contributed by atoms with Gasteiger partial charge in [0.05, 0.1) is 5.69 Å². The van der Waals surface area contributed by atoms with Crippen LogP contribution in [0.1, 0.15) is 16.8 Å². The molecule has 1 aromatic carbocycles. The summed E-state index contributed by atoms with van der Waals surface area (Å²) < 4.78 is 1.58. The summed E-state index contributed by atoms with van der Waals surface area (Å²) in [6.07, 6.45) is 1.76. The molecule has 0 N–H and O–H groups in total. The highest BCUT2D eigenvalue weighted by Crippen LogP contribution is 2.24. The van der Waals surface area contributed by atoms with Gasteiger partial charge in [-0.2, -0.15) is 0 Å². The summed E-state index contributed by atoms with van der Waals surface area (Å²) in [7, 11) is 0. The van der Waals surface area contributed by atoms with Gasteiger partial charge in [-0.25, -0.2) is 4.98 Å². The summed E-state index contributed by atoms with van der Waals surface area (Å²) in [5, 5.41) is 1.88. The van der Waals surface area contributed by atoms with E-state index in [2.05, 4.69) is 37.0 Å². The highest BCUT2D eigenvalue weighted by molar-refractivity contribution is 7.98. The second-order valence-corrected chi connectivity index (χ2v) is 6.60. The zero-order valence-corrected chi connectivity index (χ0v) is 12.9. The summed E-state index contributed by atoms with van der Waals surface area (Å²) >= 11 is 3.19. The molecule has 0 aliphatic heterocycles. The van der Waals surface area contributed by atoms with Crippen molar-refractivity contribution < 1.29 is 0 Å². The van der Waals surface area contributed by atoms with E-state index in [1.165, 1.54) is 27.4 Å². The largest absolute Gasteiger partial charge is 0.269 e. The van der Waals surface area contributed by atoms with Crippen LogP contribution in [0.3, 0.4) is 0 Å². The van der Waals surface area contributed by atoms with E-state index >= 15 is 0 Å². The molecule has 0 saturated heterocycles. The molecule has 0 unspecified atom stereocenters. The van der Waals surface area contributed by atoms with Crippen molar-refractivity contribution in [1.82, 2.24) is 9.38 Å². The van der Waals surface area contributed by atoms with Crippen molar-refractivity contribution in [2.75, 3.05) is 0 Å². The lowest BCUT2D eigenvalue weighted by Crippen LogP contribution is -2.12. The third-order valence-corrected chi connectivity index (χ3v) is 5.01. The van der Waals surface area contributed by atoms with E-state index in [-0.39, 0.29) is 5.56 Å². The Balaban J connectivity index is 1.82. The van der Waals surface area contributed by atoms with Crippen LogP contribution in [-0.4, -0.2) is 9.38 Å². The Morgan fingerprint density at radius 1 is 1.25 bits per heavy atom. The number of rotatable bonds is 3. The number of nitrogens with zero attached hydrogens (tertiary/aromatic N) is 2. The van der Waals surface area contributed by atoms with Gasteiger partial charge >= 0.3 is 0 Å². The van der Waals surface area contributed by atoms with Gasteiger partial charge in [-0.15, -0.1) is 23.1 Å². The van der Waals surface area contributed by atoms with Crippen LogP contribution in [0.4, 0.5) is 0 Å². The molecule has 0 atom stereocenters. The lowest BCUT2D eigenvalue weighted by molar-refractivity contribution is 1.04. The third kappa shape index (κ3) is 2.64. The molecule has 20 heavy (non-hydrogen) atoms. The number of aryl methyl sites for hydroxylation is 2. The quantitative estimate of drug-likeness (QED) is 0.692. The normalized spacial score (nSPS) is 11.1. The van der Waals surface area contributed by atoms with Gasteiger partial charge in [-0.1, -0.05) is 6.07 Å². The van der Waals surface area contributed by atoms with Gasteiger partial charge < -0.3 is 0 Å². The molecular weight excluding hydrogens is 288 g/mol. The van der Waals surface area contributed by atoms with Crippen molar-refractivity contribution in [2.45, 2.75) is 24.5 Å². The second kappa shape index (κ2) is 5.42. The number of hydrogen-bond acceptors (Lipinski definition) is 4. The van der Waals surface area contributed by atoms with Gasteiger partial charge in [0.25, 0.3) is 5.56 Å². The standard InChI is InChI=1S/C15H14N2OS2/c1-10-3-4-13(7-11(10)2)20-9-12-8-14(18)17-5-6-19-15(17)16-12/h3-8H,9H2,1-2H3. The monoisotopic (exact) mass is 302 g/mol. The summed E-state index contributed by atoms with van der Waals surface area (Å²) in [6.45, 7) is 4.22. The number of thioether (sulfide) groups is 1. The zero-order valence-electron chi connectivity index (χ0n) is 11.3. The molecule has 102 valence electrons. The Hall–Kier alpha value is -1.59. The zero-order chi connectivity index (χ0) is 14.1. The van der Waals surface area contributed by atoms with Crippen molar-refractivity contribution in [3.8, 4) is 0 Å². The van der Waals surface area contributed by atoms with E-state index in [0.29, 0.717) is 5.75 Å². The minimum atomic E-state index is -0.00747. The summed E-state index contributed by atoms with van der Waals surface area (Å²) in [6, 6.07) is 8.04. The smallest absolute Gasteiger partial charge is 0.258 e. The van der Waals surface area contributed by atoms with Crippen LogP contribution in [0.2, 0.25) is 0 Å². The predicted molar refractivity (Wildman–Crippen MR) is 84.8 cm³/mol. The molecule has 0 aliphatic rings. The molecule has 2 heterocycles. The summed E-state index contributed by atoms with van der Waals surface area (Å²) in [4.78, 5) is 18.4. The van der Waals surface area contributed by atoms with Crippen LogP contribution in [0.25, 0.3) is 4.96 Å². The molecule has 0 spiro atoms. The summed E-state index contributed by atoms with van der Waals surface area (Å²) in [5.74, 6) is 0.714. The lowest BCUT2D eigenvalue weighted by Gasteiger charge is -2.05. The van der Waals surface area contributed by atoms with Crippen LogP contribution in [0, 0.1) is 13.8 Å². The molecule has 0 amide bonds. The number of fused-ring (bicyclic) bond motifs is 1. The highest BCUT2D eigenvalue weighted by atomic mass is 32.2. The first-order valence-corrected chi connectivity index (χ1v) is 8.16. The maximum Gasteiger partial charge on any atom is 0.258 e. The van der Waals surface area contributed by atoms with Crippen molar-refractivity contribution in [3.63, 3.8) is 0 Å². The van der Waals surface area contributed by atoms with E-state index in [0.717, 1.165) is 10.7 Å². The maximum absolute atomic E-state index is 11.9. The van der Waals surface area contributed by atoms with Crippen LogP contribution >= 0.6 is 23.1 Å². The van der Waals surface area contributed by atoms with Crippen LogP contribution in [0.15, 0.2) is 45.5 Å². The predicted octanol–water partition coefficient (Wildman–Crippen LogP) is 3.67. The Kier molecular flexibility index (Phi) is 3.63. The topological polar surface area (TPSA) is 34.4 Å². The molecular formula is C15H14N2OS2. The van der Waals surface area contributed by atoms with Gasteiger partial charge in [0.1, 0.15) is 0 Å². The van der Waals surface area contributed by atoms with E-state index in [4.69, 9.17) is 0 Å². The molecule has 3 aromatic rings. The third-order valence-electron chi connectivity index (χ3n) is 3.22. The molecule has 0 bridgehead atoms. The average molecular weight is 302 g/mol. The van der Waals surface area contributed by atoms with Gasteiger partial charge in [0.2, 0.25) is 0 Å². The molecule has 2 aromatic heterocycles. The maximum atomic E-state index is 11.9. The van der Waals surface area contributed by atoms with Crippen LogP contribution in [-0.2, 0) is 5.75 Å². The molecule has 0 radical (unpaired) electrons. The van der Waals surface area contributed by atoms with Crippen LogP contribution < -0.4 is 5.56 Å². The number of hydrogen-bond donors (Lipinski definition) is 0. The Morgan fingerprint density at radius 3 is 2.90 bits per heavy atom. The number of thiazole rings is 1. The summed E-state index contributed by atoms with van der Waals surface area (Å²) in [5.41, 5.74) is 3.41. The first kappa shape index (κ1) is 13.4. The molecule has 0 fully saturated rings. The van der Waals surface area contributed by atoms with Gasteiger partial charge in [0, 0.05) is 28.3 Å². The number of aromatic nitrogens is 2. The fourth-order valence-electron chi connectivity index (χ4n) is 1.92. The second-order valence-electron chi connectivity index (χ2n) is 4.68. The molecule has 3 nitrogen and oxygen atoms in total. The molecule has 0 saturated carbocycles. The SMILES string of the molecule is Cc1ccc(SCc2cc(=O)n3ccsc3n2)cc1C. The van der Waals surface area contributed by atoms with Crippen molar-refractivity contribution in [3.05, 3.63) is 63.0 Å². The molecule has 5 heteroatoms. The highest BCUT2D eigenvalue weighted by Gasteiger charge is 2.04. The fourth-order valence-corrected chi connectivity index (χ4v) is 3.55. The van der Waals surface area contributed by atoms with Gasteiger partial charge in [-0.05, 0) is 37.1 Å². The fraction of sp³-hybridized carbons (Fsp3) is 0.200. The van der Waals surface area contributed by atoms with Crippen molar-refractivity contribution in [1.29, 1.82) is 0 Å². The van der Waals surface area contributed by atoms with Gasteiger partial charge in [0.15, 0.2) is 4.96 Å². The van der Waals surface area contributed by atoms with E-state index in [1.54, 1.807) is 28.4 Å². The van der Waals surface area contributed by atoms with Gasteiger partial charge in [-0.3, -0.25) is 9.20 Å². The van der Waals surface area contributed by atoms with Crippen molar-refractivity contribution >= 4 is 28.1 Å². The number of benzene rings is 1. The van der Waals surface area contributed by atoms with Crippen molar-refractivity contribution in [2.24, 2.45) is 0 Å². The van der Waals surface area contributed by atoms with E-state index in [9.17, 15) is 4.79 Å². The molecule has 3 rings (SSSR count). The first-order valence-electron chi connectivity index (χ1n) is 6.29. The van der Waals surface area contributed by atoms with Crippen LogP contribution in [0.5, 0.6) is 0 Å². The average Bonchev–Trinajstić information content (AvgIpc) is 2.89. The lowest BCUT2D eigenvalue weighted by atomic mass is 10.1. The Bertz CT molecular complexity index is 820. The minimum Gasteiger partial charge on any atom is -0.269 e. The Labute approximate surface area is 125 Å². The Morgan fingerprint density at radius 2 is 2.10 bits per heavy atom. The minimum absolute atomic E-state index is 0.00747. The molecule has 0 aliphatic carbocycles. The first-order chi connectivity index (χ1) is 9.63.